The average Bonchev–Trinajstić information content (AvgIpc) is 2.72. The summed E-state index contributed by atoms with van der Waals surface area (Å²) in [5.74, 6) is -0.525. The number of nitrogens with zero attached hydrogens (tertiary/aromatic N) is 2. The lowest BCUT2D eigenvalue weighted by molar-refractivity contribution is 0.0674. The number of nitrogens with two attached hydrogens (primary N) is 1. The quantitative estimate of drug-likeness (QED) is 0.610. The van der Waals surface area contributed by atoms with Crippen LogP contribution in [-0.2, 0) is 6.54 Å². The van der Waals surface area contributed by atoms with E-state index in [0.29, 0.717) is 17.8 Å². The van der Waals surface area contributed by atoms with Crippen molar-refractivity contribution in [3.8, 4) is 0 Å². The molecule has 1 atom stereocenters. The van der Waals surface area contributed by atoms with E-state index in [1.165, 1.54) is 24.3 Å². The van der Waals surface area contributed by atoms with Crippen molar-refractivity contribution in [2.75, 3.05) is 24.7 Å². The summed E-state index contributed by atoms with van der Waals surface area (Å²) in [6.45, 7) is 2.38. The van der Waals surface area contributed by atoms with Gasteiger partial charge in [0.15, 0.2) is 0 Å². The first kappa shape index (κ1) is 20.4. The van der Waals surface area contributed by atoms with Gasteiger partial charge in [-0.1, -0.05) is 30.3 Å². The van der Waals surface area contributed by atoms with Crippen molar-refractivity contribution in [2.45, 2.75) is 19.5 Å². The summed E-state index contributed by atoms with van der Waals surface area (Å²) in [7, 11) is 3.92. The Hall–Kier alpha value is -3.34. The molecule has 0 aromatic heterocycles. The lowest BCUT2D eigenvalue weighted by Crippen LogP contribution is -2.33. The van der Waals surface area contributed by atoms with Crippen molar-refractivity contribution >= 4 is 17.3 Å². The standard InChI is InChI=1S/C24H26FN3O/c1-17(18-7-5-4-6-8-18)28(24(29)19-9-11-21(25)12-10-19)16-20-15-22(26)13-14-23(20)27(2)3/h4-15,17H,16,26H2,1-3H3/t17-/m0/s1. The van der Waals surface area contributed by atoms with Crippen LogP contribution in [0.2, 0.25) is 0 Å². The van der Waals surface area contributed by atoms with Crippen molar-refractivity contribution in [3.05, 3.63) is 95.3 Å². The molecule has 2 N–H and O–H groups in total. The summed E-state index contributed by atoms with van der Waals surface area (Å²) in [5, 5.41) is 0. The molecule has 0 aliphatic rings. The van der Waals surface area contributed by atoms with E-state index in [9.17, 15) is 9.18 Å². The maximum Gasteiger partial charge on any atom is 0.254 e. The fourth-order valence-corrected chi connectivity index (χ4v) is 3.41. The SMILES string of the molecule is C[C@@H](c1ccccc1)N(Cc1cc(N)ccc1N(C)C)C(=O)c1ccc(F)cc1. The molecular formula is C24H26FN3O. The van der Waals surface area contributed by atoms with Crippen LogP contribution in [0.15, 0.2) is 72.8 Å². The minimum atomic E-state index is -0.366. The Balaban J connectivity index is 2.02. The van der Waals surface area contributed by atoms with Crippen LogP contribution >= 0.6 is 0 Å². The van der Waals surface area contributed by atoms with Crippen molar-refractivity contribution in [2.24, 2.45) is 0 Å². The Kier molecular flexibility index (Phi) is 6.17. The van der Waals surface area contributed by atoms with Gasteiger partial charge in [0.05, 0.1) is 6.04 Å². The predicted octanol–water partition coefficient (Wildman–Crippen LogP) is 4.88. The number of halogens is 1. The van der Waals surface area contributed by atoms with E-state index >= 15 is 0 Å². The van der Waals surface area contributed by atoms with Crippen molar-refractivity contribution in [1.82, 2.24) is 4.90 Å². The summed E-state index contributed by atoms with van der Waals surface area (Å²) >= 11 is 0. The predicted molar refractivity (Wildman–Crippen MR) is 116 cm³/mol. The lowest BCUT2D eigenvalue weighted by Gasteiger charge is -2.31. The summed E-state index contributed by atoms with van der Waals surface area (Å²) in [4.78, 5) is 17.2. The molecule has 0 unspecified atom stereocenters. The third-order valence-electron chi connectivity index (χ3n) is 5.03. The van der Waals surface area contributed by atoms with Crippen molar-refractivity contribution in [1.29, 1.82) is 0 Å². The molecule has 0 aliphatic carbocycles. The van der Waals surface area contributed by atoms with E-state index < -0.39 is 0 Å². The second kappa shape index (κ2) is 8.78. The molecule has 1 amide bonds. The van der Waals surface area contributed by atoms with Gasteiger partial charge in [-0.3, -0.25) is 4.79 Å². The molecule has 0 bridgehead atoms. The summed E-state index contributed by atoms with van der Waals surface area (Å²) in [5.41, 5.74) is 10.1. The zero-order valence-electron chi connectivity index (χ0n) is 17.0. The Morgan fingerprint density at radius 1 is 1.00 bits per heavy atom. The van der Waals surface area contributed by atoms with Gasteiger partial charge < -0.3 is 15.5 Å². The molecule has 4 nitrogen and oxygen atoms in total. The first-order chi connectivity index (χ1) is 13.9. The number of carbonyl (C=O) groups excluding carboxylic acids is 1. The number of hydrogen-bond acceptors (Lipinski definition) is 3. The number of nitrogen functional groups attached to an aromatic ring is 1. The second-order valence-electron chi connectivity index (χ2n) is 7.31. The highest BCUT2D eigenvalue weighted by atomic mass is 19.1. The largest absolute Gasteiger partial charge is 0.399 e. The minimum Gasteiger partial charge on any atom is -0.399 e. The van der Waals surface area contributed by atoms with E-state index in [-0.39, 0.29) is 17.8 Å². The van der Waals surface area contributed by atoms with Gasteiger partial charge in [0, 0.05) is 37.6 Å². The fraction of sp³-hybridized carbons (Fsp3) is 0.208. The Bertz CT molecular complexity index is 971. The summed E-state index contributed by atoms with van der Waals surface area (Å²) < 4.78 is 13.4. The summed E-state index contributed by atoms with van der Waals surface area (Å²) in [6.07, 6.45) is 0. The van der Waals surface area contributed by atoms with Crippen LogP contribution in [0.3, 0.4) is 0 Å². The molecule has 0 heterocycles. The zero-order chi connectivity index (χ0) is 21.0. The molecule has 0 aliphatic heterocycles. The number of anilines is 2. The van der Waals surface area contributed by atoms with E-state index in [1.807, 2.05) is 74.4 Å². The maximum absolute atomic E-state index is 13.4. The first-order valence-electron chi connectivity index (χ1n) is 9.54. The van der Waals surface area contributed by atoms with Gasteiger partial charge in [-0.05, 0) is 60.5 Å². The van der Waals surface area contributed by atoms with Crippen LogP contribution in [0.5, 0.6) is 0 Å². The van der Waals surface area contributed by atoms with Crippen LogP contribution in [0.25, 0.3) is 0 Å². The Morgan fingerprint density at radius 2 is 1.66 bits per heavy atom. The molecule has 0 saturated carbocycles. The Labute approximate surface area is 171 Å². The molecule has 0 saturated heterocycles. The molecule has 5 heteroatoms. The van der Waals surface area contributed by atoms with E-state index in [4.69, 9.17) is 5.73 Å². The fourth-order valence-electron chi connectivity index (χ4n) is 3.41. The van der Waals surface area contributed by atoms with E-state index in [0.717, 1.165) is 16.8 Å². The van der Waals surface area contributed by atoms with Gasteiger partial charge in [0.2, 0.25) is 0 Å². The summed E-state index contributed by atoms with van der Waals surface area (Å²) in [6, 6.07) is 21.1. The van der Waals surface area contributed by atoms with Gasteiger partial charge in [-0.15, -0.1) is 0 Å². The van der Waals surface area contributed by atoms with Gasteiger partial charge in [0.25, 0.3) is 5.91 Å². The van der Waals surface area contributed by atoms with Crippen molar-refractivity contribution in [3.63, 3.8) is 0 Å². The van der Waals surface area contributed by atoms with Crippen LogP contribution in [0, 0.1) is 5.82 Å². The molecule has 0 spiro atoms. The number of benzene rings is 3. The van der Waals surface area contributed by atoms with Crippen molar-refractivity contribution < 1.29 is 9.18 Å². The molecule has 0 fully saturated rings. The molecule has 3 aromatic rings. The van der Waals surface area contributed by atoms with Crippen LogP contribution in [-0.4, -0.2) is 24.9 Å². The molecule has 150 valence electrons. The maximum atomic E-state index is 13.4. The number of rotatable bonds is 6. The second-order valence-corrected chi connectivity index (χ2v) is 7.31. The van der Waals surface area contributed by atoms with Crippen LogP contribution < -0.4 is 10.6 Å². The molecule has 29 heavy (non-hydrogen) atoms. The van der Waals surface area contributed by atoms with E-state index in [1.54, 1.807) is 4.90 Å². The lowest BCUT2D eigenvalue weighted by atomic mass is 10.0. The first-order valence-corrected chi connectivity index (χ1v) is 9.54. The smallest absolute Gasteiger partial charge is 0.254 e. The number of carbonyl (C=O) groups is 1. The highest BCUT2D eigenvalue weighted by Gasteiger charge is 2.24. The normalized spacial score (nSPS) is 11.7. The molecular weight excluding hydrogens is 365 g/mol. The van der Waals surface area contributed by atoms with Gasteiger partial charge in [-0.25, -0.2) is 4.39 Å². The number of amides is 1. The molecule has 3 aromatic carbocycles. The monoisotopic (exact) mass is 391 g/mol. The highest BCUT2D eigenvalue weighted by molar-refractivity contribution is 5.94. The molecule has 3 rings (SSSR count). The topological polar surface area (TPSA) is 49.6 Å². The van der Waals surface area contributed by atoms with Crippen LogP contribution in [0.1, 0.15) is 34.5 Å². The van der Waals surface area contributed by atoms with Gasteiger partial charge in [-0.2, -0.15) is 0 Å². The number of hydrogen-bond donors (Lipinski definition) is 1. The average molecular weight is 391 g/mol. The molecule has 0 radical (unpaired) electrons. The van der Waals surface area contributed by atoms with E-state index in [2.05, 4.69) is 0 Å². The van der Waals surface area contributed by atoms with Crippen LogP contribution in [0.4, 0.5) is 15.8 Å². The van der Waals surface area contributed by atoms with Gasteiger partial charge in [0.1, 0.15) is 5.82 Å². The zero-order valence-corrected chi connectivity index (χ0v) is 17.0. The third-order valence-corrected chi connectivity index (χ3v) is 5.03. The minimum absolute atomic E-state index is 0.159. The van der Waals surface area contributed by atoms with Gasteiger partial charge >= 0.3 is 0 Å². The third kappa shape index (κ3) is 4.74. The highest BCUT2D eigenvalue weighted by Crippen LogP contribution is 2.29. The Morgan fingerprint density at radius 3 is 2.28 bits per heavy atom.